The molecule has 1 aliphatic carbocycles. The van der Waals surface area contributed by atoms with Gasteiger partial charge in [-0.15, -0.1) is 0 Å². The maximum absolute atomic E-state index is 10.7. The number of hydrogen-bond acceptors (Lipinski definition) is 7. The smallest absolute Gasteiger partial charge is 0.192 e. The summed E-state index contributed by atoms with van der Waals surface area (Å²) in [6, 6.07) is 0. The van der Waals surface area contributed by atoms with E-state index >= 15 is 0 Å². The van der Waals surface area contributed by atoms with E-state index in [4.69, 9.17) is 27.5 Å². The molecule has 2 heterocycles. The summed E-state index contributed by atoms with van der Waals surface area (Å²) in [5.41, 5.74) is 0. The second-order valence-electron chi connectivity index (χ2n) is 19.1. The van der Waals surface area contributed by atoms with Crippen molar-refractivity contribution < 1.29 is 32.6 Å². The third kappa shape index (κ3) is 10.0. The van der Waals surface area contributed by atoms with E-state index in [1.165, 1.54) is 0 Å². The largest absolute Gasteiger partial charge is 0.411 e. The number of aliphatic hydroxyl groups excluding tert-OH is 1. The van der Waals surface area contributed by atoms with Crippen LogP contribution in [0.25, 0.3) is 0 Å². The van der Waals surface area contributed by atoms with Gasteiger partial charge in [0, 0.05) is 19.3 Å². The summed E-state index contributed by atoms with van der Waals surface area (Å²) in [5, 5.41) is 10.8. The van der Waals surface area contributed by atoms with Gasteiger partial charge in [0.2, 0.25) is 0 Å². The Morgan fingerprint density at radius 1 is 0.830 bits per heavy atom. The van der Waals surface area contributed by atoms with E-state index in [-0.39, 0.29) is 46.1 Å². The van der Waals surface area contributed by atoms with Gasteiger partial charge >= 0.3 is 0 Å². The molecular formula is C36H71IO7Si3. The third-order valence-electron chi connectivity index (χ3n) is 12.3. The summed E-state index contributed by atoms with van der Waals surface area (Å²) < 4.78 is 44.1. The van der Waals surface area contributed by atoms with Gasteiger partial charge in [-0.1, -0.05) is 68.9 Å². The van der Waals surface area contributed by atoms with Gasteiger partial charge in [-0.2, -0.15) is 0 Å². The number of allylic oxidation sites excluding steroid dienone is 1. The van der Waals surface area contributed by atoms with Gasteiger partial charge in [-0.05, 0) is 106 Å². The molecule has 3 fully saturated rings. The van der Waals surface area contributed by atoms with Crippen LogP contribution in [-0.2, 0) is 27.5 Å². The van der Waals surface area contributed by atoms with Crippen molar-refractivity contribution in [1.29, 1.82) is 0 Å². The highest BCUT2D eigenvalue weighted by Crippen LogP contribution is 2.49. The van der Waals surface area contributed by atoms with E-state index in [0.29, 0.717) is 6.42 Å². The van der Waals surface area contributed by atoms with Crippen molar-refractivity contribution in [3.05, 3.63) is 10.2 Å². The minimum atomic E-state index is -2.30. The maximum atomic E-state index is 10.7. The van der Waals surface area contributed by atoms with E-state index < -0.39 is 49.1 Å². The molecule has 1 spiro atoms. The minimum absolute atomic E-state index is 0.0133. The quantitative estimate of drug-likeness (QED) is 0.155. The van der Waals surface area contributed by atoms with Crippen molar-refractivity contribution in [3.8, 4) is 0 Å². The Kier molecular flexibility index (Phi) is 13.5. The molecule has 1 saturated carbocycles. The van der Waals surface area contributed by atoms with Crippen LogP contribution in [0.1, 0.15) is 107 Å². The number of rotatable bonds is 12. The Morgan fingerprint density at radius 3 is 1.81 bits per heavy atom. The van der Waals surface area contributed by atoms with Gasteiger partial charge in [0.1, 0.15) is 18.3 Å². The van der Waals surface area contributed by atoms with E-state index in [1.807, 2.05) is 0 Å². The van der Waals surface area contributed by atoms with Gasteiger partial charge < -0.3 is 32.6 Å². The SMILES string of the molecule is C=C(I)CC[C@@H](O[Si](C)(C)C(C)(C)C)[C@H]1C[C@@H](O[Si](C)(C)C(C)(C)C)[C@@H](O[Si](C)(C)C(C)(C)C)[C@H]([C@H]2OC3(CCCC3)O[C@@H]2CO)O1. The van der Waals surface area contributed by atoms with Crippen molar-refractivity contribution in [2.45, 2.75) is 210 Å². The molecule has 47 heavy (non-hydrogen) atoms. The first-order valence-corrected chi connectivity index (χ1v) is 27.9. The highest BCUT2D eigenvalue weighted by molar-refractivity contribution is 14.1. The van der Waals surface area contributed by atoms with Crippen molar-refractivity contribution in [2.24, 2.45) is 0 Å². The lowest BCUT2D eigenvalue weighted by atomic mass is 9.90. The zero-order valence-corrected chi connectivity index (χ0v) is 37.8. The van der Waals surface area contributed by atoms with Gasteiger partial charge in [0.25, 0.3) is 0 Å². The molecule has 11 heteroatoms. The van der Waals surface area contributed by atoms with Crippen LogP contribution in [-0.4, -0.2) is 85.2 Å². The third-order valence-corrected chi connectivity index (χ3v) is 26.3. The summed E-state index contributed by atoms with van der Waals surface area (Å²) >= 11 is 2.34. The molecule has 3 rings (SSSR count). The molecule has 0 aromatic rings. The molecule has 0 unspecified atom stereocenters. The number of halogens is 1. The fraction of sp³-hybridized carbons (Fsp3) is 0.944. The summed E-state index contributed by atoms with van der Waals surface area (Å²) in [6.45, 7) is 38.6. The zero-order chi connectivity index (χ0) is 36.0. The molecule has 3 aliphatic rings. The first-order chi connectivity index (χ1) is 21.2. The van der Waals surface area contributed by atoms with Crippen molar-refractivity contribution in [3.63, 3.8) is 0 Å². The number of hydrogen-bond donors (Lipinski definition) is 1. The van der Waals surface area contributed by atoms with E-state index in [2.05, 4.69) is 131 Å². The first-order valence-electron chi connectivity index (χ1n) is 18.1. The highest BCUT2D eigenvalue weighted by Gasteiger charge is 2.59. The second kappa shape index (κ2) is 15.1. The van der Waals surface area contributed by atoms with Crippen molar-refractivity contribution >= 4 is 47.5 Å². The Balaban J connectivity index is 2.18. The van der Waals surface area contributed by atoms with Gasteiger partial charge in [-0.3, -0.25) is 0 Å². The van der Waals surface area contributed by atoms with Crippen LogP contribution in [0.2, 0.25) is 54.4 Å². The van der Waals surface area contributed by atoms with Crippen molar-refractivity contribution in [1.82, 2.24) is 0 Å². The molecule has 7 atom stereocenters. The van der Waals surface area contributed by atoms with Gasteiger partial charge in [-0.25, -0.2) is 0 Å². The Hall–Kier alpha value is 0.841. The van der Waals surface area contributed by atoms with E-state index in [1.54, 1.807) is 0 Å². The second-order valence-corrected chi connectivity index (χ2v) is 34.9. The first kappa shape index (κ1) is 42.3. The Bertz CT molecular complexity index is 1060. The monoisotopic (exact) mass is 826 g/mol. The van der Waals surface area contributed by atoms with Crippen LogP contribution in [0.3, 0.4) is 0 Å². The molecule has 0 aromatic heterocycles. The molecule has 0 aromatic carbocycles. The lowest BCUT2D eigenvalue weighted by molar-refractivity contribution is -0.230. The van der Waals surface area contributed by atoms with Crippen molar-refractivity contribution in [2.75, 3.05) is 6.61 Å². The van der Waals surface area contributed by atoms with Crippen LogP contribution in [0.4, 0.5) is 0 Å². The predicted octanol–water partition coefficient (Wildman–Crippen LogP) is 10.1. The fourth-order valence-corrected chi connectivity index (χ4v) is 10.5. The fourth-order valence-electron chi connectivity index (χ4n) is 6.18. The Labute approximate surface area is 305 Å². The topological polar surface area (TPSA) is 75.6 Å². The average molecular weight is 827 g/mol. The predicted molar refractivity (Wildman–Crippen MR) is 210 cm³/mol. The number of ether oxygens (including phenoxy) is 3. The number of aliphatic hydroxyl groups is 1. The summed E-state index contributed by atoms with van der Waals surface area (Å²) in [4.78, 5) is 0. The molecule has 276 valence electrons. The normalized spacial score (nSPS) is 30.2. The zero-order valence-electron chi connectivity index (χ0n) is 32.7. The van der Waals surface area contributed by atoms with E-state index in [0.717, 1.165) is 42.1 Å². The molecule has 2 aliphatic heterocycles. The van der Waals surface area contributed by atoms with Crippen LogP contribution in [0, 0.1) is 0 Å². The molecule has 1 N–H and O–H groups in total. The van der Waals surface area contributed by atoms with Crippen LogP contribution in [0.15, 0.2) is 10.2 Å². The molecule has 0 radical (unpaired) electrons. The Morgan fingerprint density at radius 2 is 1.34 bits per heavy atom. The minimum Gasteiger partial charge on any atom is -0.411 e. The van der Waals surface area contributed by atoms with Gasteiger partial charge in [0.05, 0.1) is 31.0 Å². The van der Waals surface area contributed by atoms with Crippen LogP contribution in [0.5, 0.6) is 0 Å². The summed E-state index contributed by atoms with van der Waals surface area (Å²) in [7, 11) is -6.72. The highest BCUT2D eigenvalue weighted by atomic mass is 127. The van der Waals surface area contributed by atoms with Crippen LogP contribution >= 0.6 is 22.6 Å². The summed E-state index contributed by atoms with van der Waals surface area (Å²) in [6.07, 6.45) is 3.73. The average Bonchev–Trinajstić information content (AvgIpc) is 3.51. The molecular weight excluding hydrogens is 756 g/mol. The molecule has 2 saturated heterocycles. The standard InChI is InChI=1S/C36H71IO7Si3/c1-25(37)19-20-26(42-45(11,12)33(2,3)4)27-23-28(43-46(13,14)34(5,6)7)31(44-47(15,16)35(8,9)10)32(39-27)30-29(24-38)40-36(41-30)21-17-18-22-36/h26-32,38H,1,17-24H2,2-16H3/t26-,27-,28-,29-,30+,31-,32+/m1/s1. The maximum Gasteiger partial charge on any atom is 0.192 e. The lowest BCUT2D eigenvalue weighted by Gasteiger charge is -2.53. The van der Waals surface area contributed by atoms with Gasteiger partial charge in [0.15, 0.2) is 30.7 Å². The summed E-state index contributed by atoms with van der Waals surface area (Å²) in [5.74, 6) is -0.665. The molecule has 0 bridgehead atoms. The van der Waals surface area contributed by atoms with E-state index in [9.17, 15) is 5.11 Å². The molecule has 7 nitrogen and oxygen atoms in total. The molecule has 0 amide bonds. The lowest BCUT2D eigenvalue weighted by Crippen LogP contribution is -2.65. The van der Waals surface area contributed by atoms with Crippen LogP contribution < -0.4 is 0 Å².